The zero-order valence-electron chi connectivity index (χ0n) is 15.0. The Morgan fingerprint density at radius 1 is 1.30 bits per heavy atom. The number of rotatable bonds is 4. The summed E-state index contributed by atoms with van der Waals surface area (Å²) in [5, 5.41) is 2.92. The maximum atomic E-state index is 6.33. The second-order valence-electron chi connectivity index (χ2n) is 6.86. The highest BCUT2D eigenvalue weighted by molar-refractivity contribution is 7.98. The van der Waals surface area contributed by atoms with E-state index in [1.54, 1.807) is 11.3 Å². The zero-order valence-corrected chi connectivity index (χ0v) is 18.1. The number of aromatic nitrogens is 2. The molecule has 0 saturated carbocycles. The number of thioether (sulfide) groups is 1. The number of halogens is 2. The van der Waals surface area contributed by atoms with Crippen LogP contribution >= 0.6 is 46.3 Å². The smallest absolute Gasteiger partial charge is 0.191 e. The Labute approximate surface area is 176 Å². The lowest BCUT2D eigenvalue weighted by atomic mass is 9.96. The second-order valence-corrected chi connectivity index (χ2v) is 9.70. The number of ether oxygens (including phenoxy) is 1. The maximum absolute atomic E-state index is 6.33. The zero-order chi connectivity index (χ0) is 19.1. The Hall–Kier alpha value is -1.05. The van der Waals surface area contributed by atoms with Crippen molar-refractivity contribution in [3.05, 3.63) is 44.2 Å². The summed E-state index contributed by atoms with van der Waals surface area (Å²) < 4.78 is 5.98. The van der Waals surface area contributed by atoms with E-state index in [-0.39, 0.29) is 6.10 Å². The van der Waals surface area contributed by atoms with E-state index in [2.05, 4.69) is 18.8 Å². The molecule has 0 spiro atoms. The molecule has 2 aromatic heterocycles. The van der Waals surface area contributed by atoms with E-state index < -0.39 is 0 Å². The fourth-order valence-electron chi connectivity index (χ4n) is 3.19. The fraction of sp³-hybridized carbons (Fsp3) is 0.368. The number of hydrogen-bond acceptors (Lipinski definition) is 6. The fourth-order valence-corrected chi connectivity index (χ4v) is 5.97. The highest BCUT2D eigenvalue weighted by Crippen LogP contribution is 2.40. The van der Waals surface area contributed by atoms with Crippen molar-refractivity contribution >= 4 is 62.3 Å². The number of anilines is 1. The normalized spacial score (nSPS) is 16.9. The Balaban J connectivity index is 1.63. The summed E-state index contributed by atoms with van der Waals surface area (Å²) in [5.41, 5.74) is 8.46. The van der Waals surface area contributed by atoms with Crippen molar-refractivity contribution in [1.82, 2.24) is 9.97 Å². The molecule has 8 heteroatoms. The number of benzene rings is 1. The first-order valence-electron chi connectivity index (χ1n) is 8.69. The first kappa shape index (κ1) is 19.3. The topological polar surface area (TPSA) is 61.0 Å². The number of nitrogens with two attached hydrogens (primary N) is 1. The minimum absolute atomic E-state index is 0.214. The van der Waals surface area contributed by atoms with Gasteiger partial charge >= 0.3 is 0 Å². The molecular weight excluding hydrogens is 421 g/mol. The summed E-state index contributed by atoms with van der Waals surface area (Å²) in [5.74, 6) is 1.59. The summed E-state index contributed by atoms with van der Waals surface area (Å²) >= 11 is 15.6. The van der Waals surface area contributed by atoms with E-state index >= 15 is 0 Å². The Kier molecular flexibility index (Phi) is 5.54. The summed E-state index contributed by atoms with van der Waals surface area (Å²) in [6, 6.07) is 5.50. The Bertz CT molecular complexity index is 986. The van der Waals surface area contributed by atoms with Crippen LogP contribution in [-0.4, -0.2) is 16.1 Å². The van der Waals surface area contributed by atoms with Gasteiger partial charge in [0.15, 0.2) is 5.16 Å². The quantitative estimate of drug-likeness (QED) is 0.400. The first-order valence-corrected chi connectivity index (χ1v) is 11.2. The molecule has 0 amide bonds. The molecule has 3 aromatic rings. The van der Waals surface area contributed by atoms with Gasteiger partial charge in [0.05, 0.1) is 18.1 Å². The Morgan fingerprint density at radius 2 is 2.04 bits per heavy atom. The first-order chi connectivity index (χ1) is 12.9. The lowest BCUT2D eigenvalue weighted by Crippen LogP contribution is -2.26. The van der Waals surface area contributed by atoms with Gasteiger partial charge in [-0.05, 0) is 29.2 Å². The third kappa shape index (κ3) is 3.78. The monoisotopic (exact) mass is 439 g/mol. The molecule has 4 rings (SSSR count). The highest BCUT2D eigenvalue weighted by atomic mass is 35.5. The van der Waals surface area contributed by atoms with E-state index in [0.29, 0.717) is 39.3 Å². The number of hydrogen-bond donors (Lipinski definition) is 1. The molecule has 0 bridgehead atoms. The van der Waals surface area contributed by atoms with Crippen LogP contribution in [0.1, 0.15) is 29.9 Å². The average Bonchev–Trinajstić information content (AvgIpc) is 2.99. The van der Waals surface area contributed by atoms with Crippen LogP contribution in [0.4, 0.5) is 5.82 Å². The van der Waals surface area contributed by atoms with Crippen molar-refractivity contribution in [2.45, 2.75) is 43.9 Å². The third-order valence-corrected chi connectivity index (χ3v) is 7.41. The summed E-state index contributed by atoms with van der Waals surface area (Å²) in [7, 11) is 0. The van der Waals surface area contributed by atoms with E-state index in [1.165, 1.54) is 22.2 Å². The van der Waals surface area contributed by atoms with Gasteiger partial charge in [-0.25, -0.2) is 9.97 Å². The molecule has 0 aliphatic carbocycles. The van der Waals surface area contributed by atoms with E-state index in [4.69, 9.17) is 38.7 Å². The van der Waals surface area contributed by atoms with E-state index in [0.717, 1.165) is 22.2 Å². The lowest BCUT2D eigenvalue weighted by molar-refractivity contribution is 0.00203. The van der Waals surface area contributed by atoms with Gasteiger partial charge in [-0.15, -0.1) is 11.3 Å². The van der Waals surface area contributed by atoms with E-state index in [1.807, 2.05) is 18.2 Å². The highest BCUT2D eigenvalue weighted by Gasteiger charge is 2.27. The molecule has 27 heavy (non-hydrogen) atoms. The third-order valence-electron chi connectivity index (χ3n) is 4.73. The average molecular weight is 440 g/mol. The minimum Gasteiger partial charge on any atom is -0.383 e. The molecule has 4 nitrogen and oxygen atoms in total. The molecule has 0 radical (unpaired) electrons. The van der Waals surface area contributed by atoms with Crippen LogP contribution in [0.2, 0.25) is 10.0 Å². The standard InChI is InChI=1S/C19H19Cl2N3OS2/c1-9(2)14-6-10-15(7-25-14)27-18-16(10)17(22)23-19(24-18)26-8-11-12(20)4-3-5-13(11)21/h3-5,9,14H,6-8H2,1-2H3,(H2,22,23,24). The molecular formula is C19H19Cl2N3OS2. The van der Waals surface area contributed by atoms with Crippen molar-refractivity contribution in [3.63, 3.8) is 0 Å². The SMILES string of the molecule is CC(C)C1Cc2c(sc3nc(SCc4c(Cl)cccc4Cl)nc(N)c23)CO1. The minimum atomic E-state index is 0.214. The molecule has 1 atom stereocenters. The number of fused-ring (bicyclic) bond motifs is 3. The number of thiophene rings is 1. The second kappa shape index (κ2) is 7.76. The summed E-state index contributed by atoms with van der Waals surface area (Å²) in [4.78, 5) is 11.4. The largest absolute Gasteiger partial charge is 0.383 e. The van der Waals surface area contributed by atoms with Crippen molar-refractivity contribution in [2.24, 2.45) is 5.92 Å². The van der Waals surface area contributed by atoms with Gasteiger partial charge in [0.2, 0.25) is 0 Å². The summed E-state index contributed by atoms with van der Waals surface area (Å²) in [6.45, 7) is 4.98. The predicted octanol–water partition coefficient (Wildman–Crippen LogP) is 5.97. The molecule has 142 valence electrons. The molecule has 1 aliphatic heterocycles. The number of nitrogens with zero attached hydrogens (tertiary/aromatic N) is 2. The van der Waals surface area contributed by atoms with Crippen LogP contribution < -0.4 is 5.73 Å². The maximum Gasteiger partial charge on any atom is 0.191 e. The lowest BCUT2D eigenvalue weighted by Gasteiger charge is -2.26. The van der Waals surface area contributed by atoms with Crippen LogP contribution in [-0.2, 0) is 23.5 Å². The van der Waals surface area contributed by atoms with E-state index in [9.17, 15) is 0 Å². The predicted molar refractivity (Wildman–Crippen MR) is 115 cm³/mol. The van der Waals surface area contributed by atoms with Gasteiger partial charge in [0, 0.05) is 27.1 Å². The Morgan fingerprint density at radius 3 is 2.74 bits per heavy atom. The van der Waals surface area contributed by atoms with Crippen LogP contribution in [0.3, 0.4) is 0 Å². The van der Waals surface area contributed by atoms with Gasteiger partial charge in [0.25, 0.3) is 0 Å². The molecule has 0 saturated heterocycles. The van der Waals surface area contributed by atoms with Crippen molar-refractivity contribution in [2.75, 3.05) is 5.73 Å². The molecule has 1 aromatic carbocycles. The van der Waals surface area contributed by atoms with Gasteiger partial charge in [0.1, 0.15) is 10.6 Å². The van der Waals surface area contributed by atoms with Crippen molar-refractivity contribution in [1.29, 1.82) is 0 Å². The van der Waals surface area contributed by atoms with Gasteiger partial charge in [-0.1, -0.05) is 54.9 Å². The van der Waals surface area contributed by atoms with Crippen molar-refractivity contribution < 1.29 is 4.74 Å². The molecule has 2 N–H and O–H groups in total. The van der Waals surface area contributed by atoms with Gasteiger partial charge < -0.3 is 10.5 Å². The van der Waals surface area contributed by atoms with Gasteiger partial charge in [-0.3, -0.25) is 0 Å². The van der Waals surface area contributed by atoms with Crippen LogP contribution in [0.15, 0.2) is 23.4 Å². The van der Waals surface area contributed by atoms with Crippen LogP contribution in [0, 0.1) is 5.92 Å². The number of nitrogen functional groups attached to an aromatic ring is 1. The van der Waals surface area contributed by atoms with Crippen molar-refractivity contribution in [3.8, 4) is 0 Å². The molecule has 1 aliphatic rings. The summed E-state index contributed by atoms with van der Waals surface area (Å²) in [6.07, 6.45) is 1.08. The molecule has 3 heterocycles. The molecule has 0 fully saturated rings. The van der Waals surface area contributed by atoms with Crippen LogP contribution in [0.5, 0.6) is 0 Å². The van der Waals surface area contributed by atoms with Crippen LogP contribution in [0.25, 0.3) is 10.2 Å². The molecule has 1 unspecified atom stereocenters. The van der Waals surface area contributed by atoms with Gasteiger partial charge in [-0.2, -0.15) is 0 Å².